The molecule has 5 rings (SSSR count). The van der Waals surface area contributed by atoms with E-state index in [0.29, 0.717) is 35.4 Å². The van der Waals surface area contributed by atoms with E-state index in [1.165, 1.54) is 25.3 Å². The van der Waals surface area contributed by atoms with E-state index in [4.69, 9.17) is 20.9 Å². The second kappa shape index (κ2) is 10.8. The number of nitrogens with zero attached hydrogens (tertiary/aromatic N) is 1. The molecule has 2 atom stereocenters. The van der Waals surface area contributed by atoms with Gasteiger partial charge in [-0.15, -0.1) is 0 Å². The summed E-state index contributed by atoms with van der Waals surface area (Å²) in [6.07, 6.45) is 2.88. The standard InChI is InChI=1S/C31H32FN5O4/c1-18(33)23(15-35-22-6-4-3-5-7-22)28(38)36-16-31(40,20-10-11-20)25-14-24-27(41-17-30(24,2)29(34)39)26(37-25)19-8-12-21(32)13-9-19/h3-9,12-15,20,33,35,40H,10-11,16-17H2,1-2H3,(H2,34,39)(H,36,38)/b23-15+,33-18?/t30-,31+/m0/s1. The van der Waals surface area contributed by atoms with Crippen molar-refractivity contribution < 1.29 is 23.8 Å². The molecule has 0 unspecified atom stereocenters. The number of nitrogens with one attached hydrogen (secondary N) is 3. The molecule has 0 bridgehead atoms. The van der Waals surface area contributed by atoms with Gasteiger partial charge in [-0.05, 0) is 75.1 Å². The monoisotopic (exact) mass is 557 g/mol. The molecule has 212 valence electrons. The van der Waals surface area contributed by atoms with Gasteiger partial charge in [-0.3, -0.25) is 9.59 Å². The Hall–Kier alpha value is -4.57. The number of rotatable bonds is 10. The third-order valence-electron chi connectivity index (χ3n) is 7.75. The zero-order valence-corrected chi connectivity index (χ0v) is 22.8. The molecule has 3 aromatic rings. The summed E-state index contributed by atoms with van der Waals surface area (Å²) < 4.78 is 19.6. The van der Waals surface area contributed by atoms with Crippen molar-refractivity contribution in [3.63, 3.8) is 0 Å². The molecule has 1 aromatic heterocycles. The lowest BCUT2D eigenvalue weighted by molar-refractivity contribution is -0.123. The smallest absolute Gasteiger partial charge is 0.254 e. The average Bonchev–Trinajstić information content (AvgIpc) is 3.76. The van der Waals surface area contributed by atoms with Gasteiger partial charge >= 0.3 is 0 Å². The Labute approximate surface area is 237 Å². The number of fused-ring (bicyclic) bond motifs is 1. The summed E-state index contributed by atoms with van der Waals surface area (Å²) >= 11 is 0. The number of anilines is 1. The fourth-order valence-electron chi connectivity index (χ4n) is 4.96. The predicted octanol–water partition coefficient (Wildman–Crippen LogP) is 3.77. The van der Waals surface area contributed by atoms with Crippen molar-refractivity contribution in [2.45, 2.75) is 37.7 Å². The first-order chi connectivity index (χ1) is 19.5. The maximum Gasteiger partial charge on any atom is 0.254 e. The number of hydrogen-bond acceptors (Lipinski definition) is 7. The fraction of sp³-hybridized carbons (Fsp3) is 0.290. The molecule has 10 heteroatoms. The molecule has 0 saturated heterocycles. The Bertz CT molecular complexity index is 1540. The minimum absolute atomic E-state index is 0.00321. The summed E-state index contributed by atoms with van der Waals surface area (Å²) in [6.45, 7) is 2.99. The van der Waals surface area contributed by atoms with Crippen LogP contribution < -0.4 is 21.1 Å². The number of carbonyl (C=O) groups is 2. The predicted molar refractivity (Wildman–Crippen MR) is 153 cm³/mol. The topological polar surface area (TPSA) is 150 Å². The molecule has 0 radical (unpaired) electrons. The van der Waals surface area contributed by atoms with Crippen molar-refractivity contribution in [1.82, 2.24) is 10.3 Å². The maximum atomic E-state index is 13.7. The van der Waals surface area contributed by atoms with Crippen LogP contribution in [-0.4, -0.2) is 40.8 Å². The molecular weight excluding hydrogens is 525 g/mol. The molecule has 9 nitrogen and oxygen atoms in total. The van der Waals surface area contributed by atoms with Crippen LogP contribution in [0.4, 0.5) is 10.1 Å². The number of halogens is 1. The highest BCUT2D eigenvalue weighted by atomic mass is 19.1. The number of amides is 2. The van der Waals surface area contributed by atoms with Crippen LogP contribution in [0.15, 0.2) is 72.4 Å². The largest absolute Gasteiger partial charge is 0.489 e. The van der Waals surface area contributed by atoms with Crippen LogP contribution in [-0.2, 0) is 20.6 Å². The maximum absolute atomic E-state index is 13.7. The van der Waals surface area contributed by atoms with Gasteiger partial charge in [0.25, 0.3) is 5.91 Å². The summed E-state index contributed by atoms with van der Waals surface area (Å²) in [5.74, 6) is -1.41. The Morgan fingerprint density at radius 2 is 1.90 bits per heavy atom. The molecule has 1 saturated carbocycles. The molecule has 2 heterocycles. The summed E-state index contributed by atoms with van der Waals surface area (Å²) in [6, 6.07) is 16.5. The highest BCUT2D eigenvalue weighted by Gasteiger charge is 2.50. The zero-order chi connectivity index (χ0) is 29.4. The molecule has 0 spiro atoms. The normalized spacial score (nSPS) is 19.5. The van der Waals surface area contributed by atoms with Crippen molar-refractivity contribution in [2.24, 2.45) is 11.7 Å². The van der Waals surface area contributed by atoms with E-state index in [9.17, 15) is 19.1 Å². The lowest BCUT2D eigenvalue weighted by atomic mass is 9.81. The number of benzene rings is 2. The van der Waals surface area contributed by atoms with Gasteiger partial charge in [-0.2, -0.15) is 0 Å². The molecular formula is C31H32FN5O4. The number of carbonyl (C=O) groups excluding carboxylic acids is 2. The van der Waals surface area contributed by atoms with Crippen molar-refractivity contribution in [1.29, 1.82) is 5.41 Å². The van der Waals surface area contributed by atoms with E-state index < -0.39 is 28.6 Å². The quantitative estimate of drug-likeness (QED) is 0.189. The van der Waals surface area contributed by atoms with E-state index in [1.54, 1.807) is 25.1 Å². The van der Waals surface area contributed by atoms with E-state index in [0.717, 1.165) is 5.69 Å². The van der Waals surface area contributed by atoms with Crippen LogP contribution >= 0.6 is 0 Å². The lowest BCUT2D eigenvalue weighted by Crippen LogP contribution is -2.44. The van der Waals surface area contributed by atoms with Gasteiger partial charge in [0.2, 0.25) is 5.91 Å². The fourth-order valence-corrected chi connectivity index (χ4v) is 4.96. The number of aromatic nitrogens is 1. The van der Waals surface area contributed by atoms with Crippen molar-refractivity contribution >= 4 is 23.2 Å². The second-order valence-electron chi connectivity index (χ2n) is 10.8. The SMILES string of the molecule is CC(=N)/C(=C\Nc1ccccc1)C(=O)NC[C@](O)(c1cc2c(c(-c3ccc(F)cc3)n1)OC[C@]2(C)C(N)=O)C1CC1. The Balaban J connectivity index is 1.50. The summed E-state index contributed by atoms with van der Waals surface area (Å²) in [5, 5.41) is 26.0. The molecule has 1 aliphatic heterocycles. The molecule has 1 aliphatic carbocycles. The molecule has 41 heavy (non-hydrogen) atoms. The molecule has 6 N–H and O–H groups in total. The second-order valence-corrected chi connectivity index (χ2v) is 10.8. The third kappa shape index (κ3) is 5.43. The van der Waals surface area contributed by atoms with Crippen molar-refractivity contribution in [2.75, 3.05) is 18.5 Å². The highest BCUT2D eigenvalue weighted by Crippen LogP contribution is 2.49. The minimum Gasteiger partial charge on any atom is -0.489 e. The van der Waals surface area contributed by atoms with E-state index >= 15 is 0 Å². The van der Waals surface area contributed by atoms with Gasteiger partial charge in [0, 0.05) is 28.7 Å². The van der Waals surface area contributed by atoms with Crippen LogP contribution in [0.2, 0.25) is 0 Å². The van der Waals surface area contributed by atoms with Gasteiger partial charge < -0.3 is 31.6 Å². The van der Waals surface area contributed by atoms with Crippen LogP contribution in [0.5, 0.6) is 5.75 Å². The minimum atomic E-state index is -1.59. The number of para-hydroxylation sites is 1. The van der Waals surface area contributed by atoms with Gasteiger partial charge in [0.05, 0.1) is 17.8 Å². The number of nitrogens with two attached hydrogens (primary N) is 1. The molecule has 2 amide bonds. The number of pyridine rings is 1. The van der Waals surface area contributed by atoms with Gasteiger partial charge in [0.1, 0.15) is 34.9 Å². The van der Waals surface area contributed by atoms with Crippen LogP contribution in [0.1, 0.15) is 37.9 Å². The first-order valence-electron chi connectivity index (χ1n) is 13.4. The first-order valence-corrected chi connectivity index (χ1v) is 13.4. The van der Waals surface area contributed by atoms with E-state index in [-0.39, 0.29) is 36.0 Å². The average molecular weight is 558 g/mol. The number of aliphatic hydroxyl groups is 1. The Kier molecular flexibility index (Phi) is 7.35. The number of ether oxygens (including phenoxy) is 1. The summed E-state index contributed by atoms with van der Waals surface area (Å²) in [4.78, 5) is 30.5. The number of hydrogen-bond donors (Lipinski definition) is 5. The first kappa shape index (κ1) is 28.0. The third-order valence-corrected chi connectivity index (χ3v) is 7.75. The van der Waals surface area contributed by atoms with Gasteiger partial charge in [-0.25, -0.2) is 9.37 Å². The van der Waals surface area contributed by atoms with Crippen molar-refractivity contribution in [3.8, 4) is 17.0 Å². The van der Waals surface area contributed by atoms with Crippen LogP contribution in [0, 0.1) is 17.1 Å². The Morgan fingerprint density at radius 1 is 1.22 bits per heavy atom. The Morgan fingerprint density at radius 3 is 2.51 bits per heavy atom. The lowest BCUT2D eigenvalue weighted by Gasteiger charge is -2.30. The van der Waals surface area contributed by atoms with Gasteiger partial charge in [0.15, 0.2) is 0 Å². The number of primary amides is 1. The summed E-state index contributed by atoms with van der Waals surface area (Å²) in [7, 11) is 0. The molecule has 2 aromatic carbocycles. The summed E-state index contributed by atoms with van der Waals surface area (Å²) in [5.41, 5.74) is 5.52. The van der Waals surface area contributed by atoms with Crippen LogP contribution in [0.3, 0.4) is 0 Å². The van der Waals surface area contributed by atoms with E-state index in [2.05, 4.69) is 10.6 Å². The van der Waals surface area contributed by atoms with Crippen molar-refractivity contribution in [3.05, 3.63) is 89.5 Å². The molecule has 1 fully saturated rings. The van der Waals surface area contributed by atoms with Gasteiger partial charge in [-0.1, -0.05) is 18.2 Å². The van der Waals surface area contributed by atoms with Crippen LogP contribution in [0.25, 0.3) is 11.3 Å². The molecule has 2 aliphatic rings. The van der Waals surface area contributed by atoms with E-state index in [1.807, 2.05) is 30.3 Å². The zero-order valence-electron chi connectivity index (χ0n) is 22.8. The highest BCUT2D eigenvalue weighted by molar-refractivity contribution is 6.19.